The van der Waals surface area contributed by atoms with E-state index in [2.05, 4.69) is 11.4 Å². The molecule has 0 atom stereocenters. The molecule has 21 heavy (non-hydrogen) atoms. The van der Waals surface area contributed by atoms with Crippen LogP contribution >= 0.6 is 0 Å². The van der Waals surface area contributed by atoms with E-state index in [0.29, 0.717) is 6.54 Å². The molecule has 0 saturated heterocycles. The Labute approximate surface area is 125 Å². The van der Waals surface area contributed by atoms with Crippen molar-refractivity contribution in [1.29, 1.82) is 0 Å². The predicted octanol–water partition coefficient (Wildman–Crippen LogP) is 2.94. The number of hydrogen-bond acceptors (Lipinski definition) is 4. The molecule has 0 spiro atoms. The largest absolute Gasteiger partial charge is 0.508 e. The number of rotatable bonds is 7. The van der Waals surface area contributed by atoms with E-state index in [0.717, 1.165) is 29.8 Å². The van der Waals surface area contributed by atoms with Gasteiger partial charge in [0.1, 0.15) is 11.5 Å². The molecule has 0 aromatic heterocycles. The maximum Gasteiger partial charge on any atom is 0.120 e. The molecule has 0 unspecified atom stereocenters. The molecular weight excluding hydrogens is 266 g/mol. The average molecular weight is 287 g/mol. The SMILES string of the molecule is COc1ccc(O)c(CNc2cccc(CCCO)c2)c1. The molecule has 0 saturated carbocycles. The van der Waals surface area contributed by atoms with Gasteiger partial charge in [-0.25, -0.2) is 0 Å². The summed E-state index contributed by atoms with van der Waals surface area (Å²) >= 11 is 0. The molecule has 0 aliphatic heterocycles. The van der Waals surface area contributed by atoms with Gasteiger partial charge in [-0.05, 0) is 48.7 Å². The van der Waals surface area contributed by atoms with Gasteiger partial charge in [-0.3, -0.25) is 0 Å². The number of anilines is 1. The summed E-state index contributed by atoms with van der Waals surface area (Å²) in [6, 6.07) is 13.3. The van der Waals surface area contributed by atoms with Crippen molar-refractivity contribution in [2.75, 3.05) is 19.0 Å². The van der Waals surface area contributed by atoms with E-state index in [1.165, 1.54) is 5.56 Å². The summed E-state index contributed by atoms with van der Waals surface area (Å²) in [7, 11) is 1.61. The zero-order chi connectivity index (χ0) is 15.1. The third kappa shape index (κ3) is 4.39. The van der Waals surface area contributed by atoms with Crippen LogP contribution in [0.15, 0.2) is 42.5 Å². The molecule has 3 N–H and O–H groups in total. The van der Waals surface area contributed by atoms with Crippen LogP contribution < -0.4 is 10.1 Å². The highest BCUT2D eigenvalue weighted by atomic mass is 16.5. The van der Waals surface area contributed by atoms with E-state index in [9.17, 15) is 5.11 Å². The fourth-order valence-corrected chi connectivity index (χ4v) is 2.15. The lowest BCUT2D eigenvalue weighted by Gasteiger charge is -2.11. The molecule has 4 heteroatoms. The summed E-state index contributed by atoms with van der Waals surface area (Å²) < 4.78 is 5.16. The molecule has 112 valence electrons. The third-order valence-corrected chi connectivity index (χ3v) is 3.32. The number of ether oxygens (including phenoxy) is 1. The number of aliphatic hydroxyl groups is 1. The van der Waals surface area contributed by atoms with Gasteiger partial charge in [-0.15, -0.1) is 0 Å². The van der Waals surface area contributed by atoms with Crippen molar-refractivity contribution < 1.29 is 14.9 Å². The van der Waals surface area contributed by atoms with Crippen LogP contribution in [0.3, 0.4) is 0 Å². The summed E-state index contributed by atoms with van der Waals surface area (Å²) in [6.45, 7) is 0.724. The zero-order valence-corrected chi connectivity index (χ0v) is 12.2. The first-order valence-electron chi connectivity index (χ1n) is 7.02. The first-order valence-corrected chi connectivity index (χ1v) is 7.02. The van der Waals surface area contributed by atoms with Gasteiger partial charge in [0.25, 0.3) is 0 Å². The third-order valence-electron chi connectivity index (χ3n) is 3.32. The number of aromatic hydroxyl groups is 1. The summed E-state index contributed by atoms with van der Waals surface area (Å²) in [4.78, 5) is 0. The highest BCUT2D eigenvalue weighted by Crippen LogP contribution is 2.24. The number of aryl methyl sites for hydroxylation is 1. The average Bonchev–Trinajstić information content (AvgIpc) is 2.52. The van der Waals surface area contributed by atoms with Gasteiger partial charge < -0.3 is 20.3 Å². The summed E-state index contributed by atoms with van der Waals surface area (Å²) in [5.74, 6) is 0.973. The first-order chi connectivity index (χ1) is 10.2. The van der Waals surface area contributed by atoms with E-state index >= 15 is 0 Å². The predicted molar refractivity (Wildman–Crippen MR) is 83.8 cm³/mol. The molecule has 2 aromatic carbocycles. The van der Waals surface area contributed by atoms with Crippen LogP contribution in [-0.2, 0) is 13.0 Å². The number of hydrogen-bond donors (Lipinski definition) is 3. The number of phenols is 1. The van der Waals surface area contributed by atoms with Gasteiger partial charge in [-0.2, -0.15) is 0 Å². The Balaban J connectivity index is 2.02. The van der Waals surface area contributed by atoms with E-state index < -0.39 is 0 Å². The quantitative estimate of drug-likeness (QED) is 0.732. The Kier molecular flexibility index (Phi) is 5.46. The van der Waals surface area contributed by atoms with Gasteiger partial charge in [0.15, 0.2) is 0 Å². The second-order valence-corrected chi connectivity index (χ2v) is 4.88. The van der Waals surface area contributed by atoms with Crippen LogP contribution in [0.2, 0.25) is 0 Å². The fourth-order valence-electron chi connectivity index (χ4n) is 2.15. The van der Waals surface area contributed by atoms with Crippen molar-refractivity contribution in [3.8, 4) is 11.5 Å². The minimum atomic E-state index is 0.204. The highest BCUT2D eigenvalue weighted by molar-refractivity contribution is 5.48. The molecular formula is C17H21NO3. The smallest absolute Gasteiger partial charge is 0.120 e. The van der Waals surface area contributed by atoms with Gasteiger partial charge >= 0.3 is 0 Å². The monoisotopic (exact) mass is 287 g/mol. The maximum absolute atomic E-state index is 9.86. The number of aliphatic hydroxyl groups excluding tert-OH is 1. The van der Waals surface area contributed by atoms with Gasteiger partial charge in [-0.1, -0.05) is 12.1 Å². The van der Waals surface area contributed by atoms with Crippen molar-refractivity contribution in [3.63, 3.8) is 0 Å². The zero-order valence-electron chi connectivity index (χ0n) is 12.2. The lowest BCUT2D eigenvalue weighted by atomic mass is 10.1. The van der Waals surface area contributed by atoms with Crippen LogP contribution in [0.4, 0.5) is 5.69 Å². The number of methoxy groups -OCH3 is 1. The van der Waals surface area contributed by atoms with Crippen molar-refractivity contribution in [2.45, 2.75) is 19.4 Å². The summed E-state index contributed by atoms with van der Waals surface area (Å²) in [5.41, 5.74) is 2.96. The molecule has 0 heterocycles. The Hall–Kier alpha value is -2.20. The summed E-state index contributed by atoms with van der Waals surface area (Å²) in [5, 5.41) is 22.0. The van der Waals surface area contributed by atoms with E-state index in [1.54, 1.807) is 19.2 Å². The summed E-state index contributed by atoms with van der Waals surface area (Å²) in [6.07, 6.45) is 1.62. The standard InChI is InChI=1S/C17H21NO3/c1-21-16-7-8-17(20)14(11-16)12-18-15-6-2-4-13(10-15)5-3-9-19/h2,4,6-8,10-11,18-20H,3,5,9,12H2,1H3. The first kappa shape index (κ1) is 15.2. The number of nitrogens with one attached hydrogen (secondary N) is 1. The Bertz CT molecular complexity index is 584. The molecule has 0 bridgehead atoms. The molecule has 0 aliphatic rings. The molecule has 0 fully saturated rings. The Morgan fingerprint density at radius 3 is 2.76 bits per heavy atom. The van der Waals surface area contributed by atoms with Gasteiger partial charge in [0, 0.05) is 24.4 Å². The van der Waals surface area contributed by atoms with Crippen molar-refractivity contribution in [2.24, 2.45) is 0 Å². The van der Waals surface area contributed by atoms with Crippen LogP contribution in [0, 0.1) is 0 Å². The second-order valence-electron chi connectivity index (χ2n) is 4.88. The van der Waals surface area contributed by atoms with Crippen LogP contribution in [0.5, 0.6) is 11.5 Å². The molecule has 2 rings (SSSR count). The topological polar surface area (TPSA) is 61.7 Å². The maximum atomic E-state index is 9.86. The molecule has 2 aromatic rings. The van der Waals surface area contributed by atoms with Crippen LogP contribution in [0.25, 0.3) is 0 Å². The number of phenolic OH excluding ortho intramolecular Hbond substituents is 1. The molecule has 4 nitrogen and oxygen atoms in total. The molecule has 0 aliphatic carbocycles. The van der Waals surface area contributed by atoms with E-state index in [-0.39, 0.29) is 12.4 Å². The highest BCUT2D eigenvalue weighted by Gasteiger charge is 2.03. The Morgan fingerprint density at radius 1 is 1.14 bits per heavy atom. The second kappa shape index (κ2) is 7.55. The van der Waals surface area contributed by atoms with Gasteiger partial charge in [0.2, 0.25) is 0 Å². The minimum Gasteiger partial charge on any atom is -0.508 e. The molecule has 0 amide bonds. The van der Waals surface area contributed by atoms with E-state index in [1.807, 2.05) is 24.3 Å². The van der Waals surface area contributed by atoms with E-state index in [4.69, 9.17) is 9.84 Å². The number of benzene rings is 2. The lowest BCUT2D eigenvalue weighted by molar-refractivity contribution is 0.288. The normalized spacial score (nSPS) is 10.4. The molecule has 0 radical (unpaired) electrons. The van der Waals surface area contributed by atoms with Crippen molar-refractivity contribution in [3.05, 3.63) is 53.6 Å². The minimum absolute atomic E-state index is 0.204. The lowest BCUT2D eigenvalue weighted by Crippen LogP contribution is -2.01. The van der Waals surface area contributed by atoms with Crippen LogP contribution in [-0.4, -0.2) is 23.9 Å². The van der Waals surface area contributed by atoms with Crippen molar-refractivity contribution >= 4 is 5.69 Å². The van der Waals surface area contributed by atoms with Crippen molar-refractivity contribution in [1.82, 2.24) is 0 Å². The fraction of sp³-hybridized carbons (Fsp3) is 0.294. The van der Waals surface area contributed by atoms with Gasteiger partial charge in [0.05, 0.1) is 7.11 Å². The Morgan fingerprint density at radius 2 is 2.00 bits per heavy atom. The van der Waals surface area contributed by atoms with Crippen LogP contribution in [0.1, 0.15) is 17.5 Å².